The predicted molar refractivity (Wildman–Crippen MR) is 66.3 cm³/mol. The van der Waals surface area contributed by atoms with Crippen LogP contribution in [-0.2, 0) is 4.79 Å². The van der Waals surface area contributed by atoms with Gasteiger partial charge in [0.15, 0.2) is 5.50 Å². The van der Waals surface area contributed by atoms with Crippen LogP contribution in [0.3, 0.4) is 0 Å². The van der Waals surface area contributed by atoms with Crippen LogP contribution < -0.4 is 9.64 Å². The Bertz CT molecular complexity index is 409. The number of ether oxygens (including phenoxy) is 1. The highest BCUT2D eigenvalue weighted by Crippen LogP contribution is 2.27. The van der Waals surface area contributed by atoms with Gasteiger partial charge in [-0.15, -0.1) is 11.8 Å². The molecule has 5 heteroatoms. The molecular formula is C11H12N2O2S. The third-order valence-corrected chi connectivity index (χ3v) is 3.24. The standard InChI is InChI=1S/C11H12N2O2S/c1-15-10-4-2-3-9(7-10)13(8-14)11-12-5-6-16-11/h2-5,7-8,11H,6H2,1H3. The monoisotopic (exact) mass is 236 g/mol. The number of benzene rings is 1. The molecule has 0 fully saturated rings. The van der Waals surface area contributed by atoms with Crippen LogP contribution in [0.25, 0.3) is 0 Å². The molecular weight excluding hydrogens is 224 g/mol. The van der Waals surface area contributed by atoms with Crippen molar-refractivity contribution in [3.63, 3.8) is 0 Å². The van der Waals surface area contributed by atoms with Gasteiger partial charge in [0.1, 0.15) is 5.75 Å². The van der Waals surface area contributed by atoms with Crippen molar-refractivity contribution < 1.29 is 9.53 Å². The summed E-state index contributed by atoms with van der Waals surface area (Å²) in [6, 6.07) is 7.39. The van der Waals surface area contributed by atoms with Crippen molar-refractivity contribution in [2.24, 2.45) is 4.99 Å². The molecule has 1 heterocycles. The second kappa shape index (κ2) is 5.03. The Morgan fingerprint density at radius 1 is 1.62 bits per heavy atom. The van der Waals surface area contributed by atoms with Crippen molar-refractivity contribution in [3.8, 4) is 5.75 Å². The summed E-state index contributed by atoms with van der Waals surface area (Å²) in [6.45, 7) is 0. The Hall–Kier alpha value is -1.49. The minimum atomic E-state index is -0.149. The van der Waals surface area contributed by atoms with Gasteiger partial charge < -0.3 is 4.74 Å². The van der Waals surface area contributed by atoms with Gasteiger partial charge in [0, 0.05) is 18.0 Å². The molecule has 1 aromatic carbocycles. The van der Waals surface area contributed by atoms with Gasteiger partial charge in [-0.3, -0.25) is 14.7 Å². The van der Waals surface area contributed by atoms with Gasteiger partial charge in [0.05, 0.1) is 12.8 Å². The molecule has 16 heavy (non-hydrogen) atoms. The lowest BCUT2D eigenvalue weighted by atomic mass is 10.3. The van der Waals surface area contributed by atoms with Gasteiger partial charge in [-0.2, -0.15) is 0 Å². The van der Waals surface area contributed by atoms with Crippen molar-refractivity contribution in [2.75, 3.05) is 17.8 Å². The predicted octanol–water partition coefficient (Wildman–Crippen LogP) is 1.76. The third-order valence-electron chi connectivity index (χ3n) is 2.26. The van der Waals surface area contributed by atoms with Crippen LogP contribution in [0.1, 0.15) is 0 Å². The highest BCUT2D eigenvalue weighted by atomic mass is 32.2. The van der Waals surface area contributed by atoms with E-state index in [1.807, 2.05) is 30.5 Å². The van der Waals surface area contributed by atoms with Crippen molar-refractivity contribution in [1.82, 2.24) is 0 Å². The maximum absolute atomic E-state index is 11.1. The van der Waals surface area contributed by atoms with Crippen LogP contribution >= 0.6 is 11.8 Å². The average Bonchev–Trinajstić information content (AvgIpc) is 2.84. The number of aliphatic imine (C=N–C) groups is 1. The lowest BCUT2D eigenvalue weighted by molar-refractivity contribution is -0.107. The summed E-state index contributed by atoms with van der Waals surface area (Å²) in [5.74, 6) is 1.58. The fraction of sp³-hybridized carbons (Fsp3) is 0.273. The molecule has 1 atom stereocenters. The molecule has 0 saturated heterocycles. The minimum Gasteiger partial charge on any atom is -0.497 e. The quantitative estimate of drug-likeness (QED) is 0.748. The third kappa shape index (κ3) is 2.19. The van der Waals surface area contributed by atoms with Crippen molar-refractivity contribution in [2.45, 2.75) is 5.50 Å². The van der Waals surface area contributed by atoms with E-state index in [0.717, 1.165) is 23.6 Å². The zero-order chi connectivity index (χ0) is 11.4. The van der Waals surface area contributed by atoms with Gasteiger partial charge >= 0.3 is 0 Å². The highest BCUT2D eigenvalue weighted by Gasteiger charge is 2.20. The van der Waals surface area contributed by atoms with Crippen molar-refractivity contribution >= 4 is 30.1 Å². The van der Waals surface area contributed by atoms with E-state index in [1.54, 1.807) is 23.8 Å². The fourth-order valence-electron chi connectivity index (χ4n) is 1.47. The Morgan fingerprint density at radius 3 is 3.12 bits per heavy atom. The summed E-state index contributed by atoms with van der Waals surface area (Å²) in [5.41, 5.74) is 0.649. The molecule has 1 unspecified atom stereocenters. The van der Waals surface area contributed by atoms with Crippen LogP contribution in [0, 0.1) is 0 Å². The molecule has 0 spiro atoms. The number of nitrogens with zero attached hydrogens (tertiary/aromatic N) is 2. The first-order valence-electron chi connectivity index (χ1n) is 4.86. The maximum Gasteiger partial charge on any atom is 0.216 e. The van der Waals surface area contributed by atoms with Crippen LogP contribution in [0.4, 0.5) is 5.69 Å². The molecule has 1 aliphatic rings. The lowest BCUT2D eigenvalue weighted by Gasteiger charge is -2.21. The smallest absolute Gasteiger partial charge is 0.216 e. The Labute approximate surface area is 98.3 Å². The second-order valence-corrected chi connectivity index (χ2v) is 4.29. The summed E-state index contributed by atoms with van der Waals surface area (Å²) in [7, 11) is 1.60. The first-order chi connectivity index (χ1) is 7.85. The van der Waals surface area contributed by atoms with E-state index in [-0.39, 0.29) is 5.50 Å². The number of anilines is 1. The average molecular weight is 236 g/mol. The first kappa shape index (κ1) is 11.0. The molecule has 2 rings (SSSR count). The van der Waals surface area contributed by atoms with Gasteiger partial charge in [-0.25, -0.2) is 0 Å². The number of thioether (sulfide) groups is 1. The molecule has 1 aliphatic heterocycles. The maximum atomic E-state index is 11.1. The molecule has 0 bridgehead atoms. The Balaban J connectivity index is 2.25. The SMILES string of the molecule is COc1cccc(N(C=O)C2N=CCS2)c1. The number of hydrogen-bond acceptors (Lipinski definition) is 4. The minimum absolute atomic E-state index is 0.149. The van der Waals surface area contributed by atoms with Crippen LogP contribution in [0.15, 0.2) is 29.3 Å². The van der Waals surface area contributed by atoms with E-state index in [4.69, 9.17) is 4.74 Å². The summed E-state index contributed by atoms with van der Waals surface area (Å²) in [4.78, 5) is 16.9. The van der Waals surface area contributed by atoms with Gasteiger partial charge in [0.25, 0.3) is 0 Å². The summed E-state index contributed by atoms with van der Waals surface area (Å²) in [6.07, 6.45) is 2.63. The molecule has 84 valence electrons. The summed E-state index contributed by atoms with van der Waals surface area (Å²) < 4.78 is 5.12. The molecule has 0 aromatic heterocycles. The second-order valence-electron chi connectivity index (χ2n) is 3.21. The lowest BCUT2D eigenvalue weighted by Crippen LogP contribution is -2.28. The normalized spacial score (nSPS) is 18.4. The molecule has 0 saturated carbocycles. The Kier molecular flexibility index (Phi) is 3.46. The summed E-state index contributed by atoms with van der Waals surface area (Å²) in [5, 5.41) is 0. The highest BCUT2D eigenvalue weighted by molar-refractivity contribution is 8.00. The molecule has 0 radical (unpaired) electrons. The van der Waals surface area contributed by atoms with Crippen molar-refractivity contribution in [3.05, 3.63) is 24.3 Å². The zero-order valence-corrected chi connectivity index (χ0v) is 9.68. The fourth-order valence-corrected chi connectivity index (χ4v) is 2.32. The zero-order valence-electron chi connectivity index (χ0n) is 8.87. The molecule has 0 aliphatic carbocycles. The van der Waals surface area contributed by atoms with E-state index >= 15 is 0 Å². The molecule has 1 amide bonds. The van der Waals surface area contributed by atoms with E-state index in [9.17, 15) is 4.79 Å². The van der Waals surface area contributed by atoms with Gasteiger partial charge in [0.2, 0.25) is 6.41 Å². The van der Waals surface area contributed by atoms with Crippen LogP contribution in [0.5, 0.6) is 5.75 Å². The van der Waals surface area contributed by atoms with Gasteiger partial charge in [-0.05, 0) is 12.1 Å². The van der Waals surface area contributed by atoms with E-state index in [2.05, 4.69) is 4.99 Å². The number of carbonyl (C=O) groups excluding carboxylic acids is 1. The summed E-state index contributed by atoms with van der Waals surface area (Å²) >= 11 is 1.61. The largest absolute Gasteiger partial charge is 0.497 e. The van der Waals surface area contributed by atoms with Crippen LogP contribution in [-0.4, -0.2) is 31.0 Å². The molecule has 0 N–H and O–H groups in total. The topological polar surface area (TPSA) is 41.9 Å². The van der Waals surface area contributed by atoms with E-state index in [0.29, 0.717) is 0 Å². The van der Waals surface area contributed by atoms with E-state index in [1.165, 1.54) is 0 Å². The Morgan fingerprint density at radius 2 is 2.50 bits per heavy atom. The number of amides is 1. The van der Waals surface area contributed by atoms with Gasteiger partial charge in [-0.1, -0.05) is 6.07 Å². The number of hydrogen-bond donors (Lipinski definition) is 0. The number of carbonyl (C=O) groups is 1. The number of rotatable bonds is 4. The molecule has 4 nitrogen and oxygen atoms in total. The van der Waals surface area contributed by atoms with Crippen LogP contribution in [0.2, 0.25) is 0 Å². The van der Waals surface area contributed by atoms with Crippen molar-refractivity contribution in [1.29, 1.82) is 0 Å². The van der Waals surface area contributed by atoms with E-state index < -0.39 is 0 Å². The number of methoxy groups -OCH3 is 1. The molecule has 1 aromatic rings. The first-order valence-corrected chi connectivity index (χ1v) is 5.91.